The Hall–Kier alpha value is -1.87. The van der Waals surface area contributed by atoms with Crippen molar-refractivity contribution in [1.29, 1.82) is 0 Å². The van der Waals surface area contributed by atoms with Crippen molar-refractivity contribution < 1.29 is 4.21 Å². The molecule has 1 unspecified atom stereocenters. The number of halogens is 1. The Balaban J connectivity index is 0.00000300. The van der Waals surface area contributed by atoms with Crippen molar-refractivity contribution in [3.63, 3.8) is 0 Å². The number of aromatic amines is 1. The molecule has 0 spiro atoms. The normalized spacial score (nSPS) is 12.4. The summed E-state index contributed by atoms with van der Waals surface area (Å²) in [5.41, 5.74) is 3.78. The molecule has 0 radical (unpaired) electrons. The second kappa shape index (κ2) is 12.0. The number of nitrogens with one attached hydrogen (secondary N) is 3. The van der Waals surface area contributed by atoms with Gasteiger partial charge in [0, 0.05) is 40.8 Å². The Labute approximate surface area is 192 Å². The highest BCUT2D eigenvalue weighted by Crippen LogP contribution is 2.22. The lowest BCUT2D eigenvalue weighted by molar-refractivity contribution is 0.682. The summed E-state index contributed by atoms with van der Waals surface area (Å²) in [6.45, 7) is 6.28. The standard InChI is InChI=1S/C22H28N4OS.HI/c1-3-23-22(25-14-15-28(27)19-9-5-4-6-10-19)24-13-12-18-16-26-20-11-7-8-17(2)21(18)20;/h4-11,16,26H,3,12-15H2,1-2H3,(H2,23,24,25);1H. The number of hydrogen-bond acceptors (Lipinski definition) is 2. The van der Waals surface area contributed by atoms with E-state index in [1.807, 2.05) is 37.3 Å². The molecule has 3 aromatic rings. The Morgan fingerprint density at radius 2 is 1.90 bits per heavy atom. The monoisotopic (exact) mass is 524 g/mol. The van der Waals surface area contributed by atoms with E-state index in [-0.39, 0.29) is 24.0 Å². The summed E-state index contributed by atoms with van der Waals surface area (Å²) >= 11 is 0. The van der Waals surface area contributed by atoms with Crippen LogP contribution in [-0.2, 0) is 17.2 Å². The lowest BCUT2D eigenvalue weighted by Gasteiger charge is -2.11. The molecule has 1 heterocycles. The molecule has 0 aliphatic rings. The SMILES string of the molecule is CCNC(=NCCS(=O)c1ccccc1)NCCc1c[nH]c2cccc(C)c12.I. The molecule has 1 atom stereocenters. The van der Waals surface area contributed by atoms with Crippen LogP contribution in [0.2, 0.25) is 0 Å². The topological polar surface area (TPSA) is 69.3 Å². The van der Waals surface area contributed by atoms with Crippen molar-refractivity contribution >= 4 is 51.6 Å². The number of nitrogens with zero attached hydrogens (tertiary/aromatic N) is 1. The van der Waals surface area contributed by atoms with Gasteiger partial charge in [0.15, 0.2) is 5.96 Å². The summed E-state index contributed by atoms with van der Waals surface area (Å²) in [5.74, 6) is 1.28. The first-order valence-electron chi connectivity index (χ1n) is 9.70. The molecule has 0 aliphatic carbocycles. The van der Waals surface area contributed by atoms with Crippen LogP contribution in [0.1, 0.15) is 18.1 Å². The third kappa shape index (κ3) is 6.57. The third-order valence-corrected chi connectivity index (χ3v) is 5.93. The molecule has 2 aromatic carbocycles. The Kier molecular flexibility index (Phi) is 9.66. The molecule has 3 N–H and O–H groups in total. The Bertz CT molecular complexity index is 956. The molecule has 0 saturated heterocycles. The number of H-pyrrole nitrogens is 1. The van der Waals surface area contributed by atoms with Crippen LogP contribution in [0.25, 0.3) is 10.9 Å². The van der Waals surface area contributed by atoms with Gasteiger partial charge < -0.3 is 15.6 Å². The van der Waals surface area contributed by atoms with Crippen molar-refractivity contribution in [2.24, 2.45) is 4.99 Å². The predicted molar refractivity (Wildman–Crippen MR) is 134 cm³/mol. The number of aryl methyl sites for hydroxylation is 1. The zero-order valence-corrected chi connectivity index (χ0v) is 20.1. The average molecular weight is 524 g/mol. The van der Waals surface area contributed by atoms with Gasteiger partial charge in [-0.3, -0.25) is 9.20 Å². The summed E-state index contributed by atoms with van der Waals surface area (Å²) in [5, 5.41) is 7.95. The molecular formula is C22H29IN4OS. The molecule has 5 nitrogen and oxygen atoms in total. The first-order chi connectivity index (χ1) is 13.7. The number of hydrogen-bond donors (Lipinski definition) is 3. The predicted octanol–water partition coefficient (Wildman–Crippen LogP) is 4.00. The van der Waals surface area contributed by atoms with E-state index < -0.39 is 10.8 Å². The van der Waals surface area contributed by atoms with Gasteiger partial charge in [-0.1, -0.05) is 30.3 Å². The van der Waals surface area contributed by atoms with E-state index in [1.165, 1.54) is 22.0 Å². The molecule has 0 aliphatic heterocycles. The number of rotatable bonds is 8. The number of benzene rings is 2. The quantitative estimate of drug-likeness (QED) is 0.237. The highest BCUT2D eigenvalue weighted by molar-refractivity contribution is 14.0. The summed E-state index contributed by atoms with van der Waals surface area (Å²) in [6.07, 6.45) is 3.00. The fraction of sp³-hybridized carbons (Fsp3) is 0.318. The maximum absolute atomic E-state index is 12.3. The first kappa shape index (κ1) is 23.4. The maximum Gasteiger partial charge on any atom is 0.191 e. The van der Waals surface area contributed by atoms with Gasteiger partial charge in [-0.05, 0) is 49.6 Å². The van der Waals surface area contributed by atoms with Gasteiger partial charge in [-0.2, -0.15) is 0 Å². The van der Waals surface area contributed by atoms with Crippen molar-refractivity contribution in [2.75, 3.05) is 25.4 Å². The number of aliphatic imine (C=N–C) groups is 1. The molecule has 0 bridgehead atoms. The van der Waals surface area contributed by atoms with Gasteiger partial charge in [-0.15, -0.1) is 24.0 Å². The Morgan fingerprint density at radius 3 is 2.66 bits per heavy atom. The molecular weight excluding hydrogens is 495 g/mol. The van der Waals surface area contributed by atoms with E-state index in [9.17, 15) is 4.21 Å². The second-order valence-corrected chi connectivity index (χ2v) is 8.18. The number of aromatic nitrogens is 1. The van der Waals surface area contributed by atoms with Crippen LogP contribution >= 0.6 is 24.0 Å². The molecule has 0 fully saturated rings. The summed E-state index contributed by atoms with van der Waals surface area (Å²) < 4.78 is 12.3. The van der Waals surface area contributed by atoms with E-state index in [2.05, 4.69) is 51.9 Å². The van der Waals surface area contributed by atoms with E-state index in [0.717, 1.165) is 30.4 Å². The fourth-order valence-electron chi connectivity index (χ4n) is 3.24. The zero-order valence-electron chi connectivity index (χ0n) is 16.9. The summed E-state index contributed by atoms with van der Waals surface area (Å²) in [4.78, 5) is 8.77. The van der Waals surface area contributed by atoms with Gasteiger partial charge in [-0.25, -0.2) is 0 Å². The number of guanidine groups is 1. The molecule has 3 rings (SSSR count). The van der Waals surface area contributed by atoms with Crippen LogP contribution in [0.5, 0.6) is 0 Å². The van der Waals surface area contributed by atoms with Gasteiger partial charge >= 0.3 is 0 Å². The molecule has 156 valence electrons. The van der Waals surface area contributed by atoms with Gasteiger partial charge in [0.1, 0.15) is 0 Å². The largest absolute Gasteiger partial charge is 0.361 e. The van der Waals surface area contributed by atoms with E-state index in [1.54, 1.807) is 0 Å². The van der Waals surface area contributed by atoms with Crippen LogP contribution in [0.3, 0.4) is 0 Å². The maximum atomic E-state index is 12.3. The van der Waals surface area contributed by atoms with E-state index >= 15 is 0 Å². The van der Waals surface area contributed by atoms with Crippen LogP contribution in [-0.4, -0.2) is 40.5 Å². The van der Waals surface area contributed by atoms with Crippen molar-refractivity contribution in [3.8, 4) is 0 Å². The lowest BCUT2D eigenvalue weighted by Crippen LogP contribution is -2.38. The van der Waals surface area contributed by atoms with Gasteiger partial charge in [0.05, 0.1) is 17.3 Å². The minimum atomic E-state index is -1.02. The van der Waals surface area contributed by atoms with Crippen LogP contribution in [0, 0.1) is 6.92 Å². The molecule has 0 saturated carbocycles. The third-order valence-electron chi connectivity index (χ3n) is 4.58. The summed E-state index contributed by atoms with van der Waals surface area (Å²) in [7, 11) is -1.02. The average Bonchev–Trinajstić information content (AvgIpc) is 3.13. The van der Waals surface area contributed by atoms with Crippen LogP contribution < -0.4 is 10.6 Å². The van der Waals surface area contributed by atoms with Gasteiger partial charge in [0.2, 0.25) is 0 Å². The first-order valence-corrected chi connectivity index (χ1v) is 11.0. The van der Waals surface area contributed by atoms with Gasteiger partial charge in [0.25, 0.3) is 0 Å². The highest BCUT2D eigenvalue weighted by atomic mass is 127. The molecule has 29 heavy (non-hydrogen) atoms. The second-order valence-electron chi connectivity index (χ2n) is 6.61. The minimum Gasteiger partial charge on any atom is -0.361 e. The summed E-state index contributed by atoms with van der Waals surface area (Å²) in [6, 6.07) is 15.9. The van der Waals surface area contributed by atoms with E-state index in [0.29, 0.717) is 12.3 Å². The molecule has 1 aromatic heterocycles. The van der Waals surface area contributed by atoms with Crippen molar-refractivity contribution in [2.45, 2.75) is 25.2 Å². The number of fused-ring (bicyclic) bond motifs is 1. The van der Waals surface area contributed by atoms with Crippen molar-refractivity contribution in [1.82, 2.24) is 15.6 Å². The van der Waals surface area contributed by atoms with Crippen LogP contribution in [0.15, 0.2) is 64.6 Å². The van der Waals surface area contributed by atoms with Crippen molar-refractivity contribution in [3.05, 3.63) is 65.9 Å². The molecule has 7 heteroatoms. The smallest absolute Gasteiger partial charge is 0.191 e. The van der Waals surface area contributed by atoms with E-state index in [4.69, 9.17) is 0 Å². The lowest BCUT2D eigenvalue weighted by atomic mass is 10.1. The van der Waals surface area contributed by atoms with Crippen LogP contribution in [0.4, 0.5) is 0 Å². The fourth-order valence-corrected chi connectivity index (χ4v) is 4.19. The minimum absolute atomic E-state index is 0. The molecule has 0 amide bonds. The zero-order chi connectivity index (χ0) is 19.8. The Morgan fingerprint density at radius 1 is 1.10 bits per heavy atom. The highest BCUT2D eigenvalue weighted by Gasteiger charge is 2.07.